The summed E-state index contributed by atoms with van der Waals surface area (Å²) < 4.78 is 0. The second-order valence-electron chi connectivity index (χ2n) is 1.97. The molecule has 54 valence electrons. The summed E-state index contributed by atoms with van der Waals surface area (Å²) in [5.74, 6) is 0. The van der Waals surface area contributed by atoms with Crippen molar-refractivity contribution < 1.29 is 10.3 Å². The minimum absolute atomic E-state index is 0.00444. The van der Waals surface area contributed by atoms with Gasteiger partial charge in [0.05, 0.1) is 12.3 Å². The Morgan fingerprint density at radius 1 is 1.40 bits per heavy atom. The molecular formula is C7H9NO2. The molecule has 0 saturated heterocycles. The Morgan fingerprint density at radius 3 is 2.80 bits per heavy atom. The first kappa shape index (κ1) is 7.05. The van der Waals surface area contributed by atoms with E-state index in [0.29, 0.717) is 5.69 Å². The van der Waals surface area contributed by atoms with Gasteiger partial charge >= 0.3 is 0 Å². The quantitative estimate of drug-likeness (QED) is 0.535. The maximum absolute atomic E-state index is 8.65. The highest BCUT2D eigenvalue weighted by molar-refractivity contribution is 5.43. The Labute approximate surface area is 58.9 Å². The lowest BCUT2D eigenvalue weighted by atomic mass is 10.2. The van der Waals surface area contributed by atoms with Gasteiger partial charge in [-0.25, -0.2) is 0 Å². The van der Waals surface area contributed by atoms with Crippen molar-refractivity contribution in [2.24, 2.45) is 0 Å². The highest BCUT2D eigenvalue weighted by atomic mass is 16.5. The molecule has 0 spiro atoms. The Kier molecular flexibility index (Phi) is 2.25. The van der Waals surface area contributed by atoms with Crippen LogP contribution < -0.4 is 5.48 Å². The molecular weight excluding hydrogens is 130 g/mol. The van der Waals surface area contributed by atoms with E-state index >= 15 is 0 Å². The summed E-state index contributed by atoms with van der Waals surface area (Å²) >= 11 is 0. The van der Waals surface area contributed by atoms with E-state index in [1.165, 1.54) is 0 Å². The average molecular weight is 139 g/mol. The molecule has 0 atom stereocenters. The number of hydrogen-bond donors (Lipinski definition) is 3. The van der Waals surface area contributed by atoms with E-state index in [-0.39, 0.29) is 6.61 Å². The molecule has 3 nitrogen and oxygen atoms in total. The van der Waals surface area contributed by atoms with E-state index < -0.39 is 0 Å². The number of rotatable bonds is 2. The van der Waals surface area contributed by atoms with Crippen LogP contribution in [0.2, 0.25) is 0 Å². The van der Waals surface area contributed by atoms with Crippen molar-refractivity contribution in [2.45, 2.75) is 6.61 Å². The third kappa shape index (κ3) is 1.46. The van der Waals surface area contributed by atoms with Crippen LogP contribution in [0.1, 0.15) is 5.56 Å². The van der Waals surface area contributed by atoms with E-state index in [9.17, 15) is 0 Å². The van der Waals surface area contributed by atoms with Crippen LogP contribution in [0.4, 0.5) is 5.69 Å². The highest BCUT2D eigenvalue weighted by Gasteiger charge is 1.90. The number of hydrogen-bond acceptors (Lipinski definition) is 3. The lowest BCUT2D eigenvalue weighted by Crippen LogP contribution is -1.90. The molecule has 1 aromatic rings. The first-order valence-electron chi connectivity index (χ1n) is 2.96. The predicted molar refractivity (Wildman–Crippen MR) is 37.8 cm³/mol. The number of nitrogens with one attached hydrogen (secondary N) is 1. The molecule has 0 aliphatic carbocycles. The van der Waals surface area contributed by atoms with Crippen LogP contribution in [0.25, 0.3) is 0 Å². The predicted octanol–water partition coefficient (Wildman–Crippen LogP) is 0.980. The van der Waals surface area contributed by atoms with Crippen molar-refractivity contribution in [1.82, 2.24) is 0 Å². The summed E-state index contributed by atoms with van der Waals surface area (Å²) in [6.45, 7) is -0.00444. The van der Waals surface area contributed by atoms with Crippen molar-refractivity contribution in [3.8, 4) is 0 Å². The average Bonchev–Trinajstić information content (AvgIpc) is 2.05. The lowest BCUT2D eigenvalue weighted by Gasteiger charge is -1.99. The minimum Gasteiger partial charge on any atom is -0.392 e. The van der Waals surface area contributed by atoms with Crippen LogP contribution in [0, 0.1) is 0 Å². The second-order valence-corrected chi connectivity index (χ2v) is 1.97. The molecule has 0 fully saturated rings. The fraction of sp³-hybridized carbons (Fsp3) is 0.143. The van der Waals surface area contributed by atoms with E-state index in [1.54, 1.807) is 24.3 Å². The Bertz CT molecular complexity index is 193. The van der Waals surface area contributed by atoms with Crippen molar-refractivity contribution in [1.29, 1.82) is 0 Å². The summed E-state index contributed by atoms with van der Waals surface area (Å²) in [5, 5.41) is 17.1. The highest BCUT2D eigenvalue weighted by Crippen LogP contribution is 2.08. The topological polar surface area (TPSA) is 52.5 Å². The van der Waals surface area contributed by atoms with Crippen molar-refractivity contribution >= 4 is 5.69 Å². The third-order valence-corrected chi connectivity index (χ3v) is 1.24. The molecule has 10 heavy (non-hydrogen) atoms. The van der Waals surface area contributed by atoms with E-state index in [1.807, 2.05) is 5.48 Å². The normalized spacial score (nSPS) is 9.40. The molecule has 0 bridgehead atoms. The second kappa shape index (κ2) is 3.20. The number of benzene rings is 1. The van der Waals surface area contributed by atoms with Gasteiger partial charge in [0.25, 0.3) is 0 Å². The Balaban J connectivity index is 2.87. The molecule has 3 heteroatoms. The molecule has 3 N–H and O–H groups in total. The standard InChI is InChI=1S/C7H9NO2/c9-5-6-2-1-3-7(4-6)8-10/h1-4,8-10H,5H2. The van der Waals surface area contributed by atoms with Gasteiger partial charge < -0.3 is 5.11 Å². The summed E-state index contributed by atoms with van der Waals surface area (Å²) in [4.78, 5) is 0. The van der Waals surface area contributed by atoms with Crippen LogP contribution in [-0.2, 0) is 6.61 Å². The van der Waals surface area contributed by atoms with Gasteiger partial charge in [-0.15, -0.1) is 0 Å². The Morgan fingerprint density at radius 2 is 2.20 bits per heavy atom. The zero-order valence-corrected chi connectivity index (χ0v) is 5.41. The first-order valence-corrected chi connectivity index (χ1v) is 2.96. The van der Waals surface area contributed by atoms with Gasteiger partial charge in [-0.1, -0.05) is 12.1 Å². The molecule has 0 aliphatic rings. The summed E-state index contributed by atoms with van der Waals surface area (Å²) in [6.07, 6.45) is 0. The monoisotopic (exact) mass is 139 g/mol. The number of anilines is 1. The molecule has 0 aromatic heterocycles. The van der Waals surface area contributed by atoms with E-state index in [0.717, 1.165) is 5.56 Å². The molecule has 0 unspecified atom stereocenters. The third-order valence-electron chi connectivity index (χ3n) is 1.24. The fourth-order valence-corrected chi connectivity index (χ4v) is 0.739. The number of aliphatic hydroxyl groups excluding tert-OH is 1. The van der Waals surface area contributed by atoms with Gasteiger partial charge in [-0.05, 0) is 17.7 Å². The molecule has 0 radical (unpaired) electrons. The van der Waals surface area contributed by atoms with Gasteiger partial charge in [0.15, 0.2) is 0 Å². The molecule has 0 heterocycles. The zero-order valence-electron chi connectivity index (χ0n) is 5.41. The van der Waals surface area contributed by atoms with E-state index in [4.69, 9.17) is 10.3 Å². The van der Waals surface area contributed by atoms with Crippen LogP contribution in [0.3, 0.4) is 0 Å². The fourth-order valence-electron chi connectivity index (χ4n) is 0.739. The Hall–Kier alpha value is -1.06. The maximum atomic E-state index is 8.65. The van der Waals surface area contributed by atoms with Crippen LogP contribution in [-0.4, -0.2) is 10.3 Å². The van der Waals surface area contributed by atoms with Gasteiger partial charge in [-0.3, -0.25) is 10.7 Å². The summed E-state index contributed by atoms with van der Waals surface area (Å²) in [7, 11) is 0. The number of aliphatic hydroxyl groups is 1. The van der Waals surface area contributed by atoms with Crippen molar-refractivity contribution in [3.05, 3.63) is 29.8 Å². The summed E-state index contributed by atoms with van der Waals surface area (Å²) in [6, 6.07) is 6.91. The van der Waals surface area contributed by atoms with E-state index in [2.05, 4.69) is 0 Å². The molecule has 1 aromatic carbocycles. The largest absolute Gasteiger partial charge is 0.392 e. The van der Waals surface area contributed by atoms with Gasteiger partial charge in [0.2, 0.25) is 0 Å². The van der Waals surface area contributed by atoms with Gasteiger partial charge in [0, 0.05) is 0 Å². The zero-order chi connectivity index (χ0) is 7.40. The smallest absolute Gasteiger partial charge is 0.0682 e. The maximum Gasteiger partial charge on any atom is 0.0682 e. The van der Waals surface area contributed by atoms with Crippen LogP contribution in [0.15, 0.2) is 24.3 Å². The SMILES string of the molecule is OCc1cccc(NO)c1. The van der Waals surface area contributed by atoms with Crippen molar-refractivity contribution in [2.75, 3.05) is 5.48 Å². The molecule has 0 aliphatic heterocycles. The minimum atomic E-state index is -0.00444. The molecule has 0 saturated carbocycles. The van der Waals surface area contributed by atoms with Crippen LogP contribution in [0.5, 0.6) is 0 Å². The van der Waals surface area contributed by atoms with Gasteiger partial charge in [0.1, 0.15) is 0 Å². The molecule has 1 rings (SSSR count). The molecule has 0 amide bonds. The van der Waals surface area contributed by atoms with Crippen LogP contribution >= 0.6 is 0 Å². The summed E-state index contributed by atoms with van der Waals surface area (Å²) in [5.41, 5.74) is 3.36. The lowest BCUT2D eigenvalue weighted by molar-refractivity contribution is 0.282. The van der Waals surface area contributed by atoms with Gasteiger partial charge in [-0.2, -0.15) is 0 Å². The first-order chi connectivity index (χ1) is 4.86. The van der Waals surface area contributed by atoms with Crippen molar-refractivity contribution in [3.63, 3.8) is 0 Å².